The summed E-state index contributed by atoms with van der Waals surface area (Å²) in [7, 11) is 0. The Balaban J connectivity index is 1.27. The van der Waals surface area contributed by atoms with Gasteiger partial charge in [0, 0.05) is 42.8 Å². The van der Waals surface area contributed by atoms with Gasteiger partial charge in [0.15, 0.2) is 5.11 Å². The van der Waals surface area contributed by atoms with Gasteiger partial charge in [-0.3, -0.25) is 0 Å². The molecule has 0 spiro atoms. The minimum atomic E-state index is 0.460. The number of piperidine rings is 1. The Morgan fingerprint density at radius 2 is 1.68 bits per heavy atom. The summed E-state index contributed by atoms with van der Waals surface area (Å²) in [5.74, 6) is 4.74. The van der Waals surface area contributed by atoms with Gasteiger partial charge in [0.25, 0.3) is 0 Å². The van der Waals surface area contributed by atoms with Crippen molar-refractivity contribution in [3.63, 3.8) is 0 Å². The van der Waals surface area contributed by atoms with Crippen LogP contribution < -0.4 is 20.4 Å². The van der Waals surface area contributed by atoms with E-state index >= 15 is 0 Å². The molecule has 9 heteroatoms. The summed E-state index contributed by atoms with van der Waals surface area (Å²) in [6.45, 7) is 6.88. The van der Waals surface area contributed by atoms with Crippen LogP contribution in [-0.4, -0.2) is 41.3 Å². The van der Waals surface area contributed by atoms with E-state index in [2.05, 4.69) is 33.4 Å². The fourth-order valence-electron chi connectivity index (χ4n) is 5.05. The zero-order valence-electron chi connectivity index (χ0n) is 21.4. The van der Waals surface area contributed by atoms with Crippen LogP contribution in [0.15, 0.2) is 46.9 Å². The Labute approximate surface area is 229 Å². The van der Waals surface area contributed by atoms with E-state index in [0.717, 1.165) is 54.9 Å². The van der Waals surface area contributed by atoms with Gasteiger partial charge in [0.05, 0.1) is 6.54 Å². The lowest BCUT2D eigenvalue weighted by Crippen LogP contribution is -2.36. The smallest absolute Gasteiger partial charge is 0.232 e. The van der Waals surface area contributed by atoms with Crippen molar-refractivity contribution in [1.82, 2.24) is 15.3 Å². The van der Waals surface area contributed by atoms with Crippen molar-refractivity contribution in [3.8, 4) is 11.3 Å². The first kappa shape index (κ1) is 25.8. The van der Waals surface area contributed by atoms with Crippen LogP contribution in [0.4, 0.5) is 17.6 Å². The Hall–Kier alpha value is -2.84. The monoisotopic (exact) mass is 538 g/mol. The number of anilines is 3. The van der Waals surface area contributed by atoms with Crippen LogP contribution in [0.25, 0.3) is 11.3 Å². The number of halogens is 1. The number of nitrogens with zero attached hydrogens (tertiary/aromatic N) is 4. The highest BCUT2D eigenvalue weighted by molar-refractivity contribution is 7.80. The maximum atomic E-state index is 6.00. The number of hydrogen-bond donors (Lipinski definition) is 2. The molecule has 2 saturated heterocycles. The molecule has 2 aliphatic heterocycles. The van der Waals surface area contributed by atoms with Crippen LogP contribution in [0.2, 0.25) is 5.02 Å². The number of benzene rings is 1. The van der Waals surface area contributed by atoms with Crippen molar-refractivity contribution in [2.45, 2.75) is 52.0 Å². The van der Waals surface area contributed by atoms with E-state index in [1.807, 2.05) is 36.4 Å². The summed E-state index contributed by atoms with van der Waals surface area (Å²) in [6, 6.07) is 13.7. The molecular weight excluding hydrogens is 504 g/mol. The second-order valence-electron chi connectivity index (χ2n) is 10.1. The molecule has 0 radical (unpaired) electrons. The summed E-state index contributed by atoms with van der Waals surface area (Å²) >= 11 is 11.6. The largest absolute Gasteiger partial charge is 0.459 e. The van der Waals surface area contributed by atoms with Gasteiger partial charge in [-0.1, -0.05) is 31.4 Å². The number of aromatic nitrogens is 2. The van der Waals surface area contributed by atoms with Gasteiger partial charge < -0.3 is 24.9 Å². The van der Waals surface area contributed by atoms with E-state index in [0.29, 0.717) is 28.5 Å². The van der Waals surface area contributed by atoms with Crippen molar-refractivity contribution in [1.29, 1.82) is 0 Å². The lowest BCUT2D eigenvalue weighted by molar-refractivity contribution is 0.444. The molecule has 2 fully saturated rings. The molecule has 0 unspecified atom stereocenters. The highest BCUT2D eigenvalue weighted by Crippen LogP contribution is 2.27. The number of nitrogens with one attached hydrogen (secondary N) is 2. The van der Waals surface area contributed by atoms with Gasteiger partial charge in [-0.25, -0.2) is 0 Å². The average Bonchev–Trinajstić information content (AvgIpc) is 3.20. The fourth-order valence-corrected chi connectivity index (χ4v) is 5.34. The second-order valence-corrected chi connectivity index (χ2v) is 10.9. The van der Waals surface area contributed by atoms with E-state index in [9.17, 15) is 0 Å². The maximum absolute atomic E-state index is 6.00. The SMILES string of the molecule is C[C@H]1CCCN(c2cc(N3CCCCCC3)nc(NC(=S)NCc3ccc(-c4ccc(Cl)cc4)o3)n2)C1. The van der Waals surface area contributed by atoms with E-state index in [1.165, 1.54) is 38.5 Å². The molecule has 1 aromatic carbocycles. The lowest BCUT2D eigenvalue weighted by atomic mass is 10.0. The predicted molar refractivity (Wildman–Crippen MR) is 156 cm³/mol. The zero-order chi connectivity index (χ0) is 25.6. The first-order valence-corrected chi connectivity index (χ1v) is 14.1. The maximum Gasteiger partial charge on any atom is 0.232 e. The molecule has 0 saturated carbocycles. The Bertz CT molecular complexity index is 1170. The number of hydrogen-bond acceptors (Lipinski definition) is 6. The van der Waals surface area contributed by atoms with Gasteiger partial charge in [-0.2, -0.15) is 9.97 Å². The molecule has 7 nitrogen and oxygen atoms in total. The number of thiocarbonyl (C=S) groups is 1. The Kier molecular flexibility index (Phi) is 8.46. The first-order chi connectivity index (χ1) is 18.0. The third-order valence-corrected chi connectivity index (χ3v) is 7.55. The Morgan fingerprint density at radius 3 is 2.41 bits per heavy atom. The summed E-state index contributed by atoms with van der Waals surface area (Å²) < 4.78 is 5.99. The highest BCUT2D eigenvalue weighted by atomic mass is 35.5. The molecule has 196 valence electrons. The molecule has 5 rings (SSSR count). The van der Waals surface area contributed by atoms with Crippen LogP contribution in [0.5, 0.6) is 0 Å². The van der Waals surface area contributed by atoms with Gasteiger partial charge in [-0.15, -0.1) is 0 Å². The topological polar surface area (TPSA) is 69.5 Å². The van der Waals surface area contributed by atoms with Crippen molar-refractivity contribution >= 4 is 46.5 Å². The first-order valence-electron chi connectivity index (χ1n) is 13.3. The van der Waals surface area contributed by atoms with Gasteiger partial charge in [-0.05, 0) is 80.2 Å². The van der Waals surface area contributed by atoms with Crippen LogP contribution in [0, 0.1) is 5.92 Å². The minimum Gasteiger partial charge on any atom is -0.459 e. The van der Waals surface area contributed by atoms with Crippen molar-refractivity contribution in [3.05, 3.63) is 53.2 Å². The van der Waals surface area contributed by atoms with Gasteiger partial charge >= 0.3 is 0 Å². The van der Waals surface area contributed by atoms with Crippen molar-refractivity contribution in [2.24, 2.45) is 5.92 Å². The van der Waals surface area contributed by atoms with Crippen LogP contribution in [-0.2, 0) is 6.54 Å². The molecule has 3 aromatic rings. The van der Waals surface area contributed by atoms with E-state index in [1.54, 1.807) is 0 Å². The third kappa shape index (κ3) is 6.93. The molecule has 2 aromatic heterocycles. The normalized spacial score (nSPS) is 18.4. The predicted octanol–water partition coefficient (Wildman–Crippen LogP) is 6.49. The lowest BCUT2D eigenvalue weighted by Gasteiger charge is -2.33. The van der Waals surface area contributed by atoms with E-state index < -0.39 is 0 Å². The molecule has 4 heterocycles. The van der Waals surface area contributed by atoms with E-state index in [-0.39, 0.29) is 0 Å². The Morgan fingerprint density at radius 1 is 0.973 bits per heavy atom. The van der Waals surface area contributed by atoms with Gasteiger partial charge in [0.1, 0.15) is 23.2 Å². The molecule has 1 atom stereocenters. The quantitative estimate of drug-likeness (QED) is 0.345. The highest BCUT2D eigenvalue weighted by Gasteiger charge is 2.21. The number of rotatable bonds is 6. The standard InChI is InChI=1S/C28H35ClN6OS/c1-20-7-6-16-35(19-20)26-17-25(34-14-4-2-3-5-15-34)31-27(32-26)33-28(37)30-18-23-12-13-24(36-23)21-8-10-22(29)11-9-21/h8-13,17,20H,2-7,14-16,18-19H2,1H3,(H2,30,31,32,33,37)/t20-/m0/s1. The summed E-state index contributed by atoms with van der Waals surface area (Å²) in [4.78, 5) is 14.5. The van der Waals surface area contributed by atoms with Crippen molar-refractivity contribution < 1.29 is 4.42 Å². The molecule has 2 aliphatic rings. The van der Waals surface area contributed by atoms with Crippen molar-refractivity contribution in [2.75, 3.05) is 41.3 Å². The zero-order valence-corrected chi connectivity index (χ0v) is 23.0. The minimum absolute atomic E-state index is 0.460. The molecule has 37 heavy (non-hydrogen) atoms. The summed E-state index contributed by atoms with van der Waals surface area (Å²) in [6.07, 6.45) is 7.42. The second kappa shape index (κ2) is 12.1. The summed E-state index contributed by atoms with van der Waals surface area (Å²) in [5.41, 5.74) is 0.981. The molecule has 0 bridgehead atoms. The molecule has 0 aliphatic carbocycles. The van der Waals surface area contributed by atoms with Crippen LogP contribution in [0.1, 0.15) is 51.2 Å². The molecule has 0 amide bonds. The third-order valence-electron chi connectivity index (χ3n) is 7.05. The van der Waals surface area contributed by atoms with Crippen LogP contribution >= 0.6 is 23.8 Å². The van der Waals surface area contributed by atoms with E-state index in [4.69, 9.17) is 38.2 Å². The molecular formula is C28H35ClN6OS. The number of furan rings is 1. The average molecular weight is 539 g/mol. The summed E-state index contributed by atoms with van der Waals surface area (Å²) in [5, 5.41) is 7.64. The van der Waals surface area contributed by atoms with Crippen LogP contribution in [0.3, 0.4) is 0 Å². The fraction of sp³-hybridized carbons (Fsp3) is 0.464. The van der Waals surface area contributed by atoms with Gasteiger partial charge in [0.2, 0.25) is 5.95 Å². The molecule has 2 N–H and O–H groups in total.